The summed E-state index contributed by atoms with van der Waals surface area (Å²) in [7, 11) is 0. The molecule has 1 amide bonds. The maximum Gasteiger partial charge on any atom is 0.211 e. The van der Waals surface area contributed by atoms with Crippen LogP contribution in [0, 0.1) is 0 Å². The predicted octanol–water partition coefficient (Wildman–Crippen LogP) is 2.68. The van der Waals surface area contributed by atoms with Gasteiger partial charge < -0.3 is 5.32 Å². The van der Waals surface area contributed by atoms with E-state index in [1.54, 1.807) is 0 Å². The number of nitrogens with zero attached hydrogens (tertiary/aromatic N) is 1. The van der Waals surface area contributed by atoms with Crippen LogP contribution in [0.4, 0.5) is 11.4 Å². The molecule has 1 aromatic rings. The molecule has 1 aliphatic carbocycles. The van der Waals surface area contributed by atoms with Crippen molar-refractivity contribution >= 4 is 29.1 Å². The molecule has 3 heteroatoms. The largest absolute Gasteiger partial charge is 0.327 e. The number of carbonyl (C=O) groups excluding carboxylic acids is 1. The number of aliphatic imine (C=N–C) groups is 1. The predicted molar refractivity (Wildman–Crippen MR) is 65.0 cm³/mol. The number of hydrogen-bond donors (Lipinski definition) is 1. The van der Waals surface area contributed by atoms with E-state index in [9.17, 15) is 4.79 Å². The lowest BCUT2D eigenvalue weighted by Gasteiger charge is -2.06. The van der Waals surface area contributed by atoms with Crippen molar-refractivity contribution in [2.75, 3.05) is 5.32 Å². The van der Waals surface area contributed by atoms with E-state index in [-0.39, 0.29) is 0 Å². The second-order valence-corrected chi connectivity index (χ2v) is 3.74. The molecule has 0 unspecified atom stereocenters. The Hall–Kier alpha value is -2.16. The molecule has 2 aliphatic rings. The Bertz CT molecular complexity index is 553. The second kappa shape index (κ2) is 3.45. The van der Waals surface area contributed by atoms with Gasteiger partial charge in [0.2, 0.25) is 6.41 Å². The van der Waals surface area contributed by atoms with Crippen molar-refractivity contribution in [3.05, 3.63) is 42.0 Å². The number of anilines is 1. The highest BCUT2D eigenvalue weighted by molar-refractivity contribution is 6.31. The molecule has 0 bridgehead atoms. The molecule has 0 atom stereocenters. The Morgan fingerprint density at radius 3 is 3.19 bits per heavy atom. The molecule has 1 aliphatic heterocycles. The molecule has 0 radical (unpaired) electrons. The van der Waals surface area contributed by atoms with Crippen LogP contribution in [0.25, 0.3) is 5.57 Å². The summed E-state index contributed by atoms with van der Waals surface area (Å²) < 4.78 is 0. The van der Waals surface area contributed by atoms with Gasteiger partial charge in [-0.2, -0.15) is 0 Å². The van der Waals surface area contributed by atoms with Crippen molar-refractivity contribution in [2.45, 2.75) is 6.42 Å². The smallest absolute Gasteiger partial charge is 0.211 e. The number of nitrogens with one attached hydrogen (secondary N) is 1. The van der Waals surface area contributed by atoms with Gasteiger partial charge in [-0.1, -0.05) is 30.4 Å². The van der Waals surface area contributed by atoms with Crippen molar-refractivity contribution in [1.29, 1.82) is 0 Å². The molecular weight excluding hydrogens is 200 g/mol. The maximum absolute atomic E-state index is 10.5. The maximum atomic E-state index is 10.5. The molecule has 1 N–H and O–H groups in total. The average Bonchev–Trinajstić information content (AvgIpc) is 2.69. The first-order valence-corrected chi connectivity index (χ1v) is 5.18. The van der Waals surface area contributed by atoms with Gasteiger partial charge in [0.1, 0.15) is 0 Å². The third kappa shape index (κ3) is 1.21. The number of rotatable bonds is 2. The van der Waals surface area contributed by atoms with Crippen molar-refractivity contribution in [3.63, 3.8) is 0 Å². The number of benzene rings is 1. The molecule has 3 nitrogen and oxygen atoms in total. The van der Waals surface area contributed by atoms with E-state index in [1.807, 2.05) is 24.3 Å². The normalized spacial score (nSPS) is 16.0. The third-order valence-corrected chi connectivity index (χ3v) is 2.81. The van der Waals surface area contributed by atoms with Gasteiger partial charge in [0.15, 0.2) is 0 Å². The van der Waals surface area contributed by atoms with E-state index >= 15 is 0 Å². The Morgan fingerprint density at radius 1 is 1.38 bits per heavy atom. The highest BCUT2D eigenvalue weighted by Crippen LogP contribution is 2.41. The molecule has 16 heavy (non-hydrogen) atoms. The number of amides is 1. The number of para-hydroxylation sites is 1. The van der Waals surface area contributed by atoms with E-state index in [4.69, 9.17) is 0 Å². The van der Waals surface area contributed by atoms with E-state index in [1.165, 1.54) is 5.57 Å². The minimum absolute atomic E-state index is 0.685. The first-order valence-electron chi connectivity index (χ1n) is 5.18. The molecule has 78 valence electrons. The summed E-state index contributed by atoms with van der Waals surface area (Å²) in [5.41, 5.74) is 5.01. The fourth-order valence-electron chi connectivity index (χ4n) is 2.10. The van der Waals surface area contributed by atoms with Crippen LogP contribution < -0.4 is 5.32 Å². The van der Waals surface area contributed by atoms with Crippen molar-refractivity contribution in [2.24, 2.45) is 4.99 Å². The minimum atomic E-state index is 0.685. The van der Waals surface area contributed by atoms with Gasteiger partial charge in [-0.25, -0.2) is 4.99 Å². The summed E-state index contributed by atoms with van der Waals surface area (Å²) in [4.78, 5) is 15.1. The zero-order chi connectivity index (χ0) is 11.0. The van der Waals surface area contributed by atoms with Crippen LogP contribution in [-0.4, -0.2) is 12.1 Å². The molecule has 0 saturated heterocycles. The van der Waals surface area contributed by atoms with Gasteiger partial charge in [0.05, 0.1) is 17.1 Å². The molecule has 1 aromatic carbocycles. The van der Waals surface area contributed by atoms with Gasteiger partial charge in [-0.15, -0.1) is 0 Å². The highest BCUT2D eigenvalue weighted by atomic mass is 16.1. The molecule has 3 rings (SSSR count). The summed E-state index contributed by atoms with van der Waals surface area (Å²) in [5.74, 6) is 0. The second-order valence-electron chi connectivity index (χ2n) is 3.74. The number of carbonyl (C=O) groups is 1. The molecule has 0 spiro atoms. The topological polar surface area (TPSA) is 41.5 Å². The Kier molecular flexibility index (Phi) is 1.96. The van der Waals surface area contributed by atoms with Crippen molar-refractivity contribution < 1.29 is 4.79 Å². The SMILES string of the molecule is O=CNc1cccc2c1N=C1CC=CC=C12. The van der Waals surface area contributed by atoms with Crippen LogP contribution in [0.1, 0.15) is 12.0 Å². The highest BCUT2D eigenvalue weighted by Gasteiger charge is 2.22. The van der Waals surface area contributed by atoms with Crippen LogP contribution in [0.5, 0.6) is 0 Å². The lowest BCUT2D eigenvalue weighted by atomic mass is 9.97. The minimum Gasteiger partial charge on any atom is -0.327 e. The first-order chi connectivity index (χ1) is 7.90. The monoisotopic (exact) mass is 210 g/mol. The molecule has 0 aromatic heterocycles. The van der Waals surface area contributed by atoms with E-state index in [0.29, 0.717) is 6.41 Å². The molecular formula is C13H10N2O. The quantitative estimate of drug-likeness (QED) is 0.749. The summed E-state index contributed by atoms with van der Waals surface area (Å²) in [5, 5.41) is 2.68. The van der Waals surface area contributed by atoms with Gasteiger partial charge in [-0.3, -0.25) is 4.79 Å². The summed E-state index contributed by atoms with van der Waals surface area (Å²) in [6.07, 6.45) is 7.74. The van der Waals surface area contributed by atoms with Crippen molar-refractivity contribution in [1.82, 2.24) is 0 Å². The van der Waals surface area contributed by atoms with Gasteiger partial charge >= 0.3 is 0 Å². The molecule has 1 heterocycles. The number of allylic oxidation sites excluding steroid dienone is 4. The fraction of sp³-hybridized carbons (Fsp3) is 0.0769. The van der Waals surface area contributed by atoms with Gasteiger partial charge in [-0.05, 0) is 6.07 Å². The van der Waals surface area contributed by atoms with Crippen LogP contribution in [0.3, 0.4) is 0 Å². The number of hydrogen-bond acceptors (Lipinski definition) is 2. The van der Waals surface area contributed by atoms with Crippen LogP contribution in [0.2, 0.25) is 0 Å². The Morgan fingerprint density at radius 2 is 2.31 bits per heavy atom. The summed E-state index contributed by atoms with van der Waals surface area (Å²) in [6.45, 7) is 0. The summed E-state index contributed by atoms with van der Waals surface area (Å²) >= 11 is 0. The molecule has 0 fully saturated rings. The van der Waals surface area contributed by atoms with E-state index < -0.39 is 0 Å². The van der Waals surface area contributed by atoms with Gasteiger partial charge in [0, 0.05) is 17.6 Å². The number of fused-ring (bicyclic) bond motifs is 3. The average molecular weight is 210 g/mol. The molecule has 0 saturated carbocycles. The third-order valence-electron chi connectivity index (χ3n) is 2.81. The summed E-state index contributed by atoms with van der Waals surface area (Å²) in [6, 6.07) is 5.83. The fourth-order valence-corrected chi connectivity index (χ4v) is 2.10. The lowest BCUT2D eigenvalue weighted by molar-refractivity contribution is -0.105. The van der Waals surface area contributed by atoms with Crippen LogP contribution >= 0.6 is 0 Å². The zero-order valence-electron chi connectivity index (χ0n) is 8.60. The Balaban J connectivity index is 2.18. The van der Waals surface area contributed by atoms with Crippen molar-refractivity contribution in [3.8, 4) is 0 Å². The van der Waals surface area contributed by atoms with E-state index in [2.05, 4.69) is 22.5 Å². The standard InChI is InChI=1S/C13H10N2O/c16-8-14-12-7-3-5-10-9-4-1-2-6-11(9)15-13(10)12/h1-5,7-8H,6H2,(H,14,16). The van der Waals surface area contributed by atoms with Gasteiger partial charge in [0.25, 0.3) is 0 Å². The Labute approximate surface area is 93.2 Å². The lowest BCUT2D eigenvalue weighted by Crippen LogP contribution is -1.97. The van der Waals surface area contributed by atoms with Crippen LogP contribution in [-0.2, 0) is 4.79 Å². The first kappa shape index (κ1) is 9.09. The zero-order valence-corrected chi connectivity index (χ0v) is 8.60. The van der Waals surface area contributed by atoms with Crippen LogP contribution in [0.15, 0.2) is 41.4 Å². The van der Waals surface area contributed by atoms with E-state index in [0.717, 1.165) is 29.1 Å².